The molecule has 0 radical (unpaired) electrons. The number of halogens is 1. The average molecular weight is 224 g/mol. The van der Waals surface area contributed by atoms with Crippen molar-refractivity contribution in [2.75, 3.05) is 25.0 Å². The number of nitrogens with zero attached hydrogens (tertiary/aromatic N) is 3. The number of hydrogen-bond acceptors (Lipinski definition) is 4. The fourth-order valence-electron chi connectivity index (χ4n) is 2.06. The molecule has 1 fully saturated rings. The first-order chi connectivity index (χ1) is 7.74. The molecular formula is C11H17FN4. The van der Waals surface area contributed by atoms with E-state index in [4.69, 9.17) is 0 Å². The highest BCUT2D eigenvalue weighted by Crippen LogP contribution is 2.10. The number of anilines is 1. The van der Waals surface area contributed by atoms with Crippen molar-refractivity contribution in [3.8, 4) is 0 Å². The van der Waals surface area contributed by atoms with Crippen LogP contribution >= 0.6 is 0 Å². The predicted molar refractivity (Wildman–Crippen MR) is 60.7 cm³/mol. The summed E-state index contributed by atoms with van der Waals surface area (Å²) in [6, 6.07) is 1.59. The maximum absolute atomic E-state index is 12.8. The molecule has 1 atom stereocenters. The van der Waals surface area contributed by atoms with Crippen molar-refractivity contribution < 1.29 is 4.39 Å². The Labute approximate surface area is 94.9 Å². The molecule has 88 valence electrons. The van der Waals surface area contributed by atoms with E-state index in [1.165, 1.54) is 38.3 Å². The minimum absolute atomic E-state index is 0.271. The van der Waals surface area contributed by atoms with Gasteiger partial charge in [0, 0.05) is 18.7 Å². The Morgan fingerprint density at radius 2 is 2.19 bits per heavy atom. The molecule has 1 N–H and O–H groups in total. The number of rotatable bonds is 4. The van der Waals surface area contributed by atoms with Crippen molar-refractivity contribution in [1.82, 2.24) is 14.9 Å². The molecule has 0 aliphatic carbocycles. The van der Waals surface area contributed by atoms with Gasteiger partial charge in [0.05, 0.1) is 0 Å². The van der Waals surface area contributed by atoms with Crippen LogP contribution in [0.25, 0.3) is 0 Å². The molecule has 2 rings (SSSR count). The van der Waals surface area contributed by atoms with Gasteiger partial charge in [0.15, 0.2) is 0 Å². The molecule has 5 heteroatoms. The Bertz CT molecular complexity index is 339. The van der Waals surface area contributed by atoms with Gasteiger partial charge in [0.25, 0.3) is 0 Å². The van der Waals surface area contributed by atoms with Crippen LogP contribution in [-0.4, -0.2) is 40.5 Å². The first-order valence-corrected chi connectivity index (χ1v) is 5.70. The largest absolute Gasteiger partial charge is 0.366 e. The zero-order valence-corrected chi connectivity index (χ0v) is 9.49. The molecule has 0 spiro atoms. The van der Waals surface area contributed by atoms with Gasteiger partial charge in [-0.05, 0) is 32.9 Å². The van der Waals surface area contributed by atoms with Crippen LogP contribution in [0.5, 0.6) is 0 Å². The SMILES string of the molecule is CC(CN1CCCC1)Nc1cc(F)ncn1. The Morgan fingerprint density at radius 3 is 2.88 bits per heavy atom. The lowest BCUT2D eigenvalue weighted by Gasteiger charge is -2.21. The summed E-state index contributed by atoms with van der Waals surface area (Å²) in [5.74, 6) is 0.0602. The van der Waals surface area contributed by atoms with E-state index < -0.39 is 5.95 Å². The monoisotopic (exact) mass is 224 g/mol. The van der Waals surface area contributed by atoms with E-state index in [-0.39, 0.29) is 6.04 Å². The molecule has 1 aliphatic heterocycles. The van der Waals surface area contributed by atoms with Gasteiger partial charge in [0.2, 0.25) is 5.95 Å². The third-order valence-electron chi connectivity index (χ3n) is 2.76. The van der Waals surface area contributed by atoms with Crippen molar-refractivity contribution in [2.45, 2.75) is 25.8 Å². The van der Waals surface area contributed by atoms with Crippen LogP contribution in [0.2, 0.25) is 0 Å². The molecule has 4 nitrogen and oxygen atoms in total. The summed E-state index contributed by atoms with van der Waals surface area (Å²) < 4.78 is 12.8. The molecule has 0 aromatic carbocycles. The van der Waals surface area contributed by atoms with E-state index in [1.54, 1.807) is 0 Å². The quantitative estimate of drug-likeness (QED) is 0.787. The molecule has 1 saturated heterocycles. The number of nitrogens with one attached hydrogen (secondary N) is 1. The molecule has 0 bridgehead atoms. The maximum Gasteiger partial charge on any atom is 0.217 e. The summed E-state index contributed by atoms with van der Waals surface area (Å²) in [7, 11) is 0. The summed E-state index contributed by atoms with van der Waals surface area (Å²) in [5.41, 5.74) is 0. The molecule has 2 heterocycles. The summed E-state index contributed by atoms with van der Waals surface area (Å²) >= 11 is 0. The lowest BCUT2D eigenvalue weighted by Crippen LogP contribution is -2.33. The second-order valence-corrected chi connectivity index (χ2v) is 4.28. The average Bonchev–Trinajstić information content (AvgIpc) is 2.70. The highest BCUT2D eigenvalue weighted by atomic mass is 19.1. The third kappa shape index (κ3) is 3.13. The summed E-state index contributed by atoms with van der Waals surface area (Å²) in [6.45, 7) is 5.40. The Kier molecular flexibility index (Phi) is 3.66. The summed E-state index contributed by atoms with van der Waals surface area (Å²) in [4.78, 5) is 9.81. The molecule has 1 aliphatic rings. The van der Waals surface area contributed by atoms with Gasteiger partial charge in [0.1, 0.15) is 12.1 Å². The normalized spacial score (nSPS) is 18.6. The maximum atomic E-state index is 12.8. The number of aromatic nitrogens is 2. The van der Waals surface area contributed by atoms with Gasteiger partial charge in [-0.1, -0.05) is 0 Å². The van der Waals surface area contributed by atoms with Crippen LogP contribution in [0.15, 0.2) is 12.4 Å². The molecule has 0 saturated carbocycles. The van der Waals surface area contributed by atoms with Crippen LogP contribution in [0, 0.1) is 5.95 Å². The Balaban J connectivity index is 1.84. The minimum atomic E-state index is -0.495. The summed E-state index contributed by atoms with van der Waals surface area (Å²) in [6.07, 6.45) is 3.81. The van der Waals surface area contributed by atoms with Crippen LogP contribution < -0.4 is 5.32 Å². The Hall–Kier alpha value is -1.23. The Morgan fingerprint density at radius 1 is 1.44 bits per heavy atom. The lowest BCUT2D eigenvalue weighted by molar-refractivity contribution is 0.327. The number of likely N-dealkylation sites (tertiary alicyclic amines) is 1. The van der Waals surface area contributed by atoms with E-state index in [1.807, 2.05) is 0 Å². The smallest absolute Gasteiger partial charge is 0.217 e. The highest BCUT2D eigenvalue weighted by molar-refractivity contribution is 5.33. The second-order valence-electron chi connectivity index (χ2n) is 4.28. The zero-order chi connectivity index (χ0) is 11.4. The highest BCUT2D eigenvalue weighted by Gasteiger charge is 2.14. The molecule has 1 unspecified atom stereocenters. The molecule has 1 aromatic heterocycles. The zero-order valence-electron chi connectivity index (χ0n) is 9.49. The molecule has 1 aromatic rings. The van der Waals surface area contributed by atoms with Gasteiger partial charge in [-0.25, -0.2) is 9.97 Å². The van der Waals surface area contributed by atoms with Crippen LogP contribution in [0.3, 0.4) is 0 Å². The first-order valence-electron chi connectivity index (χ1n) is 5.70. The van der Waals surface area contributed by atoms with E-state index in [2.05, 4.69) is 27.1 Å². The van der Waals surface area contributed by atoms with Crippen molar-refractivity contribution in [3.63, 3.8) is 0 Å². The van der Waals surface area contributed by atoms with Gasteiger partial charge in [-0.15, -0.1) is 0 Å². The molecular weight excluding hydrogens is 207 g/mol. The predicted octanol–water partition coefficient (Wildman–Crippen LogP) is 1.51. The topological polar surface area (TPSA) is 41.0 Å². The van der Waals surface area contributed by atoms with E-state index in [0.717, 1.165) is 6.54 Å². The first kappa shape index (κ1) is 11.3. The van der Waals surface area contributed by atoms with Crippen LogP contribution in [0.1, 0.15) is 19.8 Å². The van der Waals surface area contributed by atoms with Crippen molar-refractivity contribution in [3.05, 3.63) is 18.3 Å². The summed E-state index contributed by atoms with van der Waals surface area (Å²) in [5, 5.41) is 3.18. The van der Waals surface area contributed by atoms with Crippen LogP contribution in [-0.2, 0) is 0 Å². The minimum Gasteiger partial charge on any atom is -0.366 e. The standard InChI is InChI=1S/C11H17FN4/c1-9(7-16-4-2-3-5-16)15-11-6-10(12)13-8-14-11/h6,8-9H,2-5,7H2,1H3,(H,13,14,15). The van der Waals surface area contributed by atoms with Crippen molar-refractivity contribution in [1.29, 1.82) is 0 Å². The van der Waals surface area contributed by atoms with Crippen molar-refractivity contribution >= 4 is 5.82 Å². The second kappa shape index (κ2) is 5.21. The van der Waals surface area contributed by atoms with Crippen molar-refractivity contribution in [2.24, 2.45) is 0 Å². The number of hydrogen-bond donors (Lipinski definition) is 1. The lowest BCUT2D eigenvalue weighted by atomic mass is 10.3. The molecule has 16 heavy (non-hydrogen) atoms. The fourth-order valence-corrected chi connectivity index (χ4v) is 2.06. The van der Waals surface area contributed by atoms with Gasteiger partial charge in [-0.3, -0.25) is 0 Å². The van der Waals surface area contributed by atoms with Crippen LogP contribution in [0.4, 0.5) is 10.2 Å². The van der Waals surface area contributed by atoms with Gasteiger partial charge >= 0.3 is 0 Å². The molecule has 0 amide bonds. The third-order valence-corrected chi connectivity index (χ3v) is 2.76. The fraction of sp³-hybridized carbons (Fsp3) is 0.636. The van der Waals surface area contributed by atoms with E-state index in [0.29, 0.717) is 5.82 Å². The van der Waals surface area contributed by atoms with Gasteiger partial charge < -0.3 is 10.2 Å². The van der Waals surface area contributed by atoms with E-state index in [9.17, 15) is 4.39 Å². The van der Waals surface area contributed by atoms with Gasteiger partial charge in [-0.2, -0.15) is 4.39 Å². The van der Waals surface area contributed by atoms with E-state index >= 15 is 0 Å².